The van der Waals surface area contributed by atoms with Gasteiger partial charge in [0.2, 0.25) is 5.91 Å². The quantitative estimate of drug-likeness (QED) is 0.828. The Morgan fingerprint density at radius 2 is 2.17 bits per heavy atom. The summed E-state index contributed by atoms with van der Waals surface area (Å²) in [5.41, 5.74) is 6.02. The van der Waals surface area contributed by atoms with E-state index in [1.807, 2.05) is 11.9 Å². The van der Waals surface area contributed by atoms with Crippen molar-refractivity contribution in [3.63, 3.8) is 0 Å². The van der Waals surface area contributed by atoms with Gasteiger partial charge in [-0.05, 0) is 31.6 Å². The first kappa shape index (κ1) is 13.8. The SMILES string of the molecule is CC(C(=O)N(C)C1CCOC1)C1CCCC(N)C1. The van der Waals surface area contributed by atoms with Crippen molar-refractivity contribution < 1.29 is 9.53 Å². The molecule has 1 saturated heterocycles. The zero-order chi connectivity index (χ0) is 13.1. The Kier molecular flexibility index (Phi) is 4.62. The summed E-state index contributed by atoms with van der Waals surface area (Å²) in [6, 6.07) is 0.566. The van der Waals surface area contributed by atoms with E-state index in [2.05, 4.69) is 6.92 Å². The first-order valence-corrected chi connectivity index (χ1v) is 7.19. The second-order valence-electron chi connectivity index (χ2n) is 5.94. The van der Waals surface area contributed by atoms with E-state index in [0.29, 0.717) is 18.6 Å². The summed E-state index contributed by atoms with van der Waals surface area (Å²) in [7, 11) is 1.92. The molecule has 1 amide bonds. The third-order valence-corrected chi connectivity index (χ3v) is 4.65. The molecule has 4 unspecified atom stereocenters. The molecule has 18 heavy (non-hydrogen) atoms. The van der Waals surface area contributed by atoms with Gasteiger partial charge in [-0.2, -0.15) is 0 Å². The average Bonchev–Trinajstić information content (AvgIpc) is 2.90. The molecule has 0 aromatic carbocycles. The average molecular weight is 254 g/mol. The van der Waals surface area contributed by atoms with E-state index in [1.165, 1.54) is 6.42 Å². The summed E-state index contributed by atoms with van der Waals surface area (Å²) in [5.74, 6) is 0.831. The topological polar surface area (TPSA) is 55.6 Å². The zero-order valence-electron chi connectivity index (χ0n) is 11.6. The molecule has 0 radical (unpaired) electrons. The lowest BCUT2D eigenvalue weighted by Gasteiger charge is -2.34. The molecule has 0 aromatic rings. The predicted octanol–water partition coefficient (Wildman–Crippen LogP) is 1.39. The molecule has 0 spiro atoms. The molecule has 2 fully saturated rings. The van der Waals surface area contributed by atoms with Crippen LogP contribution in [0.2, 0.25) is 0 Å². The largest absolute Gasteiger partial charge is 0.379 e. The van der Waals surface area contributed by atoms with Crippen LogP contribution in [0.25, 0.3) is 0 Å². The van der Waals surface area contributed by atoms with Crippen molar-refractivity contribution in [1.29, 1.82) is 0 Å². The lowest BCUT2D eigenvalue weighted by molar-refractivity contribution is -0.138. The maximum Gasteiger partial charge on any atom is 0.225 e. The lowest BCUT2D eigenvalue weighted by Crippen LogP contribution is -2.43. The minimum Gasteiger partial charge on any atom is -0.379 e. The summed E-state index contributed by atoms with van der Waals surface area (Å²) in [6.07, 6.45) is 5.40. The number of hydrogen-bond donors (Lipinski definition) is 1. The summed E-state index contributed by atoms with van der Waals surface area (Å²) in [5, 5.41) is 0. The van der Waals surface area contributed by atoms with Crippen LogP contribution in [0.5, 0.6) is 0 Å². The van der Waals surface area contributed by atoms with Crippen LogP contribution in [0.4, 0.5) is 0 Å². The molecule has 1 saturated carbocycles. The molecule has 2 aliphatic rings. The second-order valence-corrected chi connectivity index (χ2v) is 5.94. The van der Waals surface area contributed by atoms with Gasteiger partial charge in [-0.15, -0.1) is 0 Å². The number of ether oxygens (including phenoxy) is 1. The van der Waals surface area contributed by atoms with E-state index in [0.717, 1.165) is 32.3 Å². The minimum absolute atomic E-state index is 0.0990. The maximum atomic E-state index is 12.5. The van der Waals surface area contributed by atoms with Crippen LogP contribution in [0.3, 0.4) is 0 Å². The zero-order valence-corrected chi connectivity index (χ0v) is 11.6. The number of carbonyl (C=O) groups excluding carboxylic acids is 1. The van der Waals surface area contributed by atoms with Crippen LogP contribution in [0, 0.1) is 11.8 Å². The Morgan fingerprint density at radius 1 is 1.39 bits per heavy atom. The van der Waals surface area contributed by atoms with Gasteiger partial charge in [0.15, 0.2) is 0 Å². The molecule has 4 nitrogen and oxygen atoms in total. The molecule has 104 valence electrons. The summed E-state index contributed by atoms with van der Waals surface area (Å²) in [6.45, 7) is 3.54. The van der Waals surface area contributed by atoms with Crippen molar-refractivity contribution >= 4 is 5.91 Å². The van der Waals surface area contributed by atoms with Crippen LogP contribution >= 0.6 is 0 Å². The smallest absolute Gasteiger partial charge is 0.225 e. The van der Waals surface area contributed by atoms with Crippen LogP contribution in [0.1, 0.15) is 39.0 Å². The standard InChI is InChI=1S/C14H26N2O2/c1-10(11-4-3-5-12(15)8-11)14(17)16(2)13-6-7-18-9-13/h10-13H,3-9,15H2,1-2H3. The molecule has 0 aromatic heterocycles. The molecule has 2 rings (SSSR count). The monoisotopic (exact) mass is 254 g/mol. The Balaban J connectivity index is 1.90. The fourth-order valence-electron chi connectivity index (χ4n) is 3.25. The van der Waals surface area contributed by atoms with Crippen molar-refractivity contribution in [2.75, 3.05) is 20.3 Å². The third-order valence-electron chi connectivity index (χ3n) is 4.65. The third kappa shape index (κ3) is 3.04. The molecule has 4 heteroatoms. The van der Waals surface area contributed by atoms with Crippen molar-refractivity contribution in [1.82, 2.24) is 4.90 Å². The van der Waals surface area contributed by atoms with Crippen LogP contribution in [0.15, 0.2) is 0 Å². The van der Waals surface area contributed by atoms with Gasteiger partial charge in [0.05, 0.1) is 12.6 Å². The molecule has 1 aliphatic heterocycles. The highest BCUT2D eigenvalue weighted by molar-refractivity contribution is 5.78. The highest BCUT2D eigenvalue weighted by Gasteiger charge is 2.33. The van der Waals surface area contributed by atoms with Gasteiger partial charge in [-0.25, -0.2) is 0 Å². The van der Waals surface area contributed by atoms with Gasteiger partial charge in [-0.1, -0.05) is 13.3 Å². The summed E-state index contributed by atoms with van der Waals surface area (Å²) < 4.78 is 5.36. The number of carbonyl (C=O) groups is 1. The highest BCUT2D eigenvalue weighted by Crippen LogP contribution is 2.31. The molecular formula is C14H26N2O2. The molecule has 0 bridgehead atoms. The predicted molar refractivity (Wildman–Crippen MR) is 71.1 cm³/mol. The number of nitrogens with zero attached hydrogens (tertiary/aromatic N) is 1. The van der Waals surface area contributed by atoms with Gasteiger partial charge in [0, 0.05) is 25.6 Å². The van der Waals surface area contributed by atoms with Crippen LogP contribution in [-0.2, 0) is 9.53 Å². The number of nitrogens with two attached hydrogens (primary N) is 1. The van der Waals surface area contributed by atoms with Gasteiger partial charge in [0.1, 0.15) is 0 Å². The van der Waals surface area contributed by atoms with Crippen molar-refractivity contribution in [3.8, 4) is 0 Å². The van der Waals surface area contributed by atoms with E-state index in [-0.39, 0.29) is 17.9 Å². The number of likely N-dealkylation sites (N-methyl/N-ethyl adjacent to an activating group) is 1. The van der Waals surface area contributed by atoms with Crippen molar-refractivity contribution in [3.05, 3.63) is 0 Å². The fourth-order valence-corrected chi connectivity index (χ4v) is 3.25. The van der Waals surface area contributed by atoms with E-state index in [1.54, 1.807) is 0 Å². The van der Waals surface area contributed by atoms with E-state index in [9.17, 15) is 4.79 Å². The van der Waals surface area contributed by atoms with Gasteiger partial charge < -0.3 is 15.4 Å². The number of rotatable bonds is 3. The second kappa shape index (κ2) is 6.02. The summed E-state index contributed by atoms with van der Waals surface area (Å²) in [4.78, 5) is 14.4. The van der Waals surface area contributed by atoms with Gasteiger partial charge in [-0.3, -0.25) is 4.79 Å². The van der Waals surface area contributed by atoms with Gasteiger partial charge >= 0.3 is 0 Å². The Morgan fingerprint density at radius 3 is 2.78 bits per heavy atom. The Bertz CT molecular complexity index is 290. The minimum atomic E-state index is 0.0990. The fraction of sp³-hybridized carbons (Fsp3) is 0.929. The Hall–Kier alpha value is -0.610. The highest BCUT2D eigenvalue weighted by atomic mass is 16.5. The van der Waals surface area contributed by atoms with Crippen LogP contribution < -0.4 is 5.73 Å². The lowest BCUT2D eigenvalue weighted by atomic mass is 9.78. The molecule has 1 aliphatic carbocycles. The normalized spacial score (nSPS) is 34.3. The van der Waals surface area contributed by atoms with E-state index < -0.39 is 0 Å². The van der Waals surface area contributed by atoms with Gasteiger partial charge in [0.25, 0.3) is 0 Å². The van der Waals surface area contributed by atoms with E-state index >= 15 is 0 Å². The molecular weight excluding hydrogens is 228 g/mol. The Labute approximate surface area is 110 Å². The number of hydrogen-bond acceptors (Lipinski definition) is 3. The maximum absolute atomic E-state index is 12.5. The van der Waals surface area contributed by atoms with E-state index in [4.69, 9.17) is 10.5 Å². The first-order valence-electron chi connectivity index (χ1n) is 7.19. The molecule has 1 heterocycles. The van der Waals surface area contributed by atoms with Crippen molar-refractivity contribution in [2.24, 2.45) is 17.6 Å². The summed E-state index contributed by atoms with van der Waals surface area (Å²) >= 11 is 0. The van der Waals surface area contributed by atoms with Crippen molar-refractivity contribution in [2.45, 2.75) is 51.1 Å². The molecule has 4 atom stereocenters. The number of amides is 1. The molecule has 2 N–H and O–H groups in total. The first-order chi connectivity index (χ1) is 8.59. The van der Waals surface area contributed by atoms with Crippen LogP contribution in [-0.4, -0.2) is 43.2 Å².